The molecule has 0 unspecified atom stereocenters. The number of halogens is 2. The fraction of sp³-hybridized carbons (Fsp3) is 0. The molecule has 0 fully saturated rings. The summed E-state index contributed by atoms with van der Waals surface area (Å²) in [6.45, 7) is 0. The molecule has 2 aromatic rings. The smallest absolute Gasteiger partial charge is 0.404 e. The van der Waals surface area contributed by atoms with Crippen molar-refractivity contribution in [1.82, 2.24) is 0 Å². The van der Waals surface area contributed by atoms with Gasteiger partial charge in [0.25, 0.3) is 0 Å². The average Bonchev–Trinajstić information content (AvgIpc) is 2.20. The zero-order chi connectivity index (χ0) is 12.6. The van der Waals surface area contributed by atoms with Crippen molar-refractivity contribution in [2.24, 2.45) is 0 Å². The standard InChI is InChI=1S/C10H7BrClO4P/c11-7-4-5-9(16-17(13,14)15)6-2-1-3-8(12)10(6)7/h1-5H,(H2,13,14,15). The van der Waals surface area contributed by atoms with Crippen LogP contribution in [0.2, 0.25) is 5.02 Å². The van der Waals surface area contributed by atoms with E-state index in [0.717, 1.165) is 4.47 Å². The predicted molar refractivity (Wildman–Crippen MR) is 69.3 cm³/mol. The normalized spacial score (nSPS) is 11.8. The molecule has 0 atom stereocenters. The minimum atomic E-state index is -4.58. The van der Waals surface area contributed by atoms with E-state index >= 15 is 0 Å². The minimum absolute atomic E-state index is 0.0963. The Kier molecular flexibility index (Phi) is 3.48. The Morgan fingerprint density at radius 3 is 2.59 bits per heavy atom. The zero-order valence-corrected chi connectivity index (χ0v) is 11.5. The maximum atomic E-state index is 10.8. The molecule has 0 aromatic heterocycles. The molecule has 0 saturated carbocycles. The SMILES string of the molecule is O=P(O)(O)Oc1ccc(Br)c2c(Cl)cccc12. The number of phosphoric ester groups is 1. The Morgan fingerprint density at radius 2 is 1.94 bits per heavy atom. The summed E-state index contributed by atoms with van der Waals surface area (Å²) < 4.78 is 16.2. The summed E-state index contributed by atoms with van der Waals surface area (Å²) >= 11 is 9.35. The molecule has 17 heavy (non-hydrogen) atoms. The van der Waals surface area contributed by atoms with Crippen LogP contribution < -0.4 is 4.52 Å². The van der Waals surface area contributed by atoms with Crippen LogP contribution in [0.15, 0.2) is 34.8 Å². The largest absolute Gasteiger partial charge is 0.524 e. The highest BCUT2D eigenvalue weighted by molar-refractivity contribution is 9.10. The lowest BCUT2D eigenvalue weighted by Gasteiger charge is -2.11. The third-order valence-corrected chi connectivity index (χ3v) is 3.53. The molecule has 2 aromatic carbocycles. The first-order chi connectivity index (χ1) is 7.88. The molecule has 90 valence electrons. The molecule has 0 spiro atoms. The van der Waals surface area contributed by atoms with Gasteiger partial charge in [-0.15, -0.1) is 0 Å². The van der Waals surface area contributed by atoms with E-state index in [0.29, 0.717) is 15.8 Å². The minimum Gasteiger partial charge on any atom is -0.404 e. The first kappa shape index (κ1) is 12.9. The molecule has 0 amide bonds. The topological polar surface area (TPSA) is 66.8 Å². The van der Waals surface area contributed by atoms with Crippen LogP contribution in [0.3, 0.4) is 0 Å². The molecule has 0 saturated heterocycles. The van der Waals surface area contributed by atoms with Crippen LogP contribution in [0.4, 0.5) is 0 Å². The van der Waals surface area contributed by atoms with Crippen molar-refractivity contribution in [1.29, 1.82) is 0 Å². The highest BCUT2D eigenvalue weighted by Gasteiger charge is 2.18. The first-order valence-electron chi connectivity index (χ1n) is 4.50. The molecule has 7 heteroatoms. The maximum absolute atomic E-state index is 10.8. The van der Waals surface area contributed by atoms with Crippen LogP contribution >= 0.6 is 35.4 Å². The lowest BCUT2D eigenvalue weighted by Crippen LogP contribution is -1.91. The van der Waals surface area contributed by atoms with Crippen molar-refractivity contribution in [3.05, 3.63) is 39.8 Å². The Labute approximate surface area is 111 Å². The summed E-state index contributed by atoms with van der Waals surface area (Å²) in [4.78, 5) is 17.6. The molecular weight excluding hydrogens is 330 g/mol. The second-order valence-corrected chi connectivity index (χ2v) is 5.72. The highest BCUT2D eigenvalue weighted by atomic mass is 79.9. The third kappa shape index (κ3) is 2.81. The van der Waals surface area contributed by atoms with Gasteiger partial charge in [-0.1, -0.05) is 39.7 Å². The van der Waals surface area contributed by atoms with Crippen LogP contribution in [-0.2, 0) is 4.57 Å². The number of fused-ring (bicyclic) bond motifs is 1. The lowest BCUT2D eigenvalue weighted by molar-refractivity contribution is 0.284. The van der Waals surface area contributed by atoms with E-state index in [4.69, 9.17) is 21.4 Å². The Morgan fingerprint density at radius 1 is 1.24 bits per heavy atom. The van der Waals surface area contributed by atoms with Gasteiger partial charge in [0.1, 0.15) is 5.75 Å². The molecule has 4 nitrogen and oxygen atoms in total. The maximum Gasteiger partial charge on any atom is 0.524 e. The third-order valence-electron chi connectivity index (χ3n) is 2.12. The fourth-order valence-corrected chi connectivity index (χ4v) is 2.87. The van der Waals surface area contributed by atoms with Gasteiger partial charge in [0.2, 0.25) is 0 Å². The average molecular weight is 337 g/mol. The van der Waals surface area contributed by atoms with Gasteiger partial charge in [-0.3, -0.25) is 9.79 Å². The van der Waals surface area contributed by atoms with Crippen LogP contribution in [-0.4, -0.2) is 9.79 Å². The van der Waals surface area contributed by atoms with E-state index in [-0.39, 0.29) is 5.75 Å². The van der Waals surface area contributed by atoms with Crippen LogP contribution in [0.25, 0.3) is 10.8 Å². The van der Waals surface area contributed by atoms with Gasteiger partial charge in [-0.05, 0) is 18.2 Å². The van der Waals surface area contributed by atoms with Gasteiger partial charge in [-0.2, -0.15) is 0 Å². The Hall–Kier alpha value is -0.580. The van der Waals surface area contributed by atoms with Gasteiger partial charge >= 0.3 is 7.82 Å². The van der Waals surface area contributed by atoms with E-state index < -0.39 is 7.82 Å². The molecule has 0 aliphatic carbocycles. The predicted octanol–water partition coefficient (Wildman–Crippen LogP) is 3.73. The molecular formula is C10H7BrClO4P. The van der Waals surface area contributed by atoms with Crippen molar-refractivity contribution in [3.63, 3.8) is 0 Å². The van der Waals surface area contributed by atoms with E-state index in [1.54, 1.807) is 24.3 Å². The Bertz CT molecular complexity index is 617. The lowest BCUT2D eigenvalue weighted by atomic mass is 10.1. The Balaban J connectivity index is 2.71. The molecule has 0 radical (unpaired) electrons. The van der Waals surface area contributed by atoms with Crippen LogP contribution in [0, 0.1) is 0 Å². The quantitative estimate of drug-likeness (QED) is 0.820. The zero-order valence-electron chi connectivity index (χ0n) is 8.30. The van der Waals surface area contributed by atoms with E-state index in [2.05, 4.69) is 20.5 Å². The van der Waals surface area contributed by atoms with Crippen molar-refractivity contribution < 1.29 is 18.9 Å². The summed E-state index contributed by atoms with van der Waals surface area (Å²) in [5.74, 6) is 0.0963. The summed E-state index contributed by atoms with van der Waals surface area (Å²) in [7, 11) is -4.58. The number of hydrogen-bond donors (Lipinski definition) is 2. The van der Waals surface area contributed by atoms with E-state index in [9.17, 15) is 4.57 Å². The van der Waals surface area contributed by atoms with Gasteiger partial charge in [0.15, 0.2) is 0 Å². The molecule has 0 aliphatic rings. The second-order valence-electron chi connectivity index (χ2n) is 3.29. The summed E-state index contributed by atoms with van der Waals surface area (Å²) in [6.07, 6.45) is 0. The highest BCUT2D eigenvalue weighted by Crippen LogP contribution is 2.43. The van der Waals surface area contributed by atoms with Gasteiger partial charge in [0.05, 0.1) is 0 Å². The van der Waals surface area contributed by atoms with Crippen LogP contribution in [0.5, 0.6) is 5.75 Å². The van der Waals surface area contributed by atoms with E-state index in [1.165, 1.54) is 6.07 Å². The van der Waals surface area contributed by atoms with Gasteiger partial charge in [-0.25, -0.2) is 4.57 Å². The second kappa shape index (κ2) is 4.59. The van der Waals surface area contributed by atoms with Crippen molar-refractivity contribution >= 4 is 46.1 Å². The van der Waals surface area contributed by atoms with Crippen molar-refractivity contribution in [3.8, 4) is 5.75 Å². The number of benzene rings is 2. The fourth-order valence-electron chi connectivity index (χ4n) is 1.50. The first-order valence-corrected chi connectivity index (χ1v) is 7.20. The van der Waals surface area contributed by atoms with Gasteiger partial charge in [0, 0.05) is 20.3 Å². The monoisotopic (exact) mass is 336 g/mol. The summed E-state index contributed by atoms with van der Waals surface area (Å²) in [5.41, 5.74) is 0. The number of rotatable bonds is 2. The van der Waals surface area contributed by atoms with Crippen molar-refractivity contribution in [2.45, 2.75) is 0 Å². The molecule has 2 rings (SSSR count). The summed E-state index contributed by atoms with van der Waals surface area (Å²) in [6, 6.07) is 8.15. The molecule has 0 bridgehead atoms. The number of hydrogen-bond acceptors (Lipinski definition) is 2. The molecule has 2 N–H and O–H groups in total. The van der Waals surface area contributed by atoms with Gasteiger partial charge < -0.3 is 4.52 Å². The molecule has 0 heterocycles. The van der Waals surface area contributed by atoms with Crippen LogP contribution in [0.1, 0.15) is 0 Å². The number of phosphoric acid groups is 1. The van der Waals surface area contributed by atoms with E-state index in [1.807, 2.05) is 0 Å². The summed E-state index contributed by atoms with van der Waals surface area (Å²) in [5, 5.41) is 1.67. The van der Waals surface area contributed by atoms with Crippen molar-refractivity contribution in [2.75, 3.05) is 0 Å². The molecule has 0 aliphatic heterocycles.